The maximum absolute atomic E-state index is 11.9. The fraction of sp³-hybridized carbons (Fsp3) is 0.364. The Hall–Kier alpha value is -2.11. The molecule has 0 bridgehead atoms. The zero-order valence-corrected chi connectivity index (χ0v) is 9.84. The molecule has 6 heteroatoms. The van der Waals surface area contributed by atoms with Crippen LogP contribution in [0.2, 0.25) is 0 Å². The van der Waals surface area contributed by atoms with E-state index in [1.807, 2.05) is 13.8 Å². The number of anilines is 1. The van der Waals surface area contributed by atoms with Crippen molar-refractivity contribution in [2.45, 2.75) is 13.8 Å². The molecule has 0 unspecified atom stereocenters. The summed E-state index contributed by atoms with van der Waals surface area (Å²) in [7, 11) is 0. The number of nitro groups is 1. The number of benzene rings is 1. The summed E-state index contributed by atoms with van der Waals surface area (Å²) in [6.07, 6.45) is 0. The molecule has 6 nitrogen and oxygen atoms in total. The van der Waals surface area contributed by atoms with E-state index in [2.05, 4.69) is 0 Å². The summed E-state index contributed by atoms with van der Waals surface area (Å²) in [5.41, 5.74) is 5.73. The highest BCUT2D eigenvalue weighted by atomic mass is 16.6. The van der Waals surface area contributed by atoms with Gasteiger partial charge in [0.15, 0.2) is 0 Å². The van der Waals surface area contributed by atoms with Crippen LogP contribution in [0.3, 0.4) is 0 Å². The van der Waals surface area contributed by atoms with Gasteiger partial charge in [0.25, 0.3) is 11.6 Å². The first-order valence-electron chi connectivity index (χ1n) is 5.34. The molecule has 0 heterocycles. The van der Waals surface area contributed by atoms with E-state index in [4.69, 9.17) is 5.73 Å². The first-order chi connectivity index (χ1) is 8.01. The van der Waals surface area contributed by atoms with E-state index in [1.54, 1.807) is 4.90 Å². The van der Waals surface area contributed by atoms with Gasteiger partial charge in [-0.3, -0.25) is 14.9 Å². The van der Waals surface area contributed by atoms with Gasteiger partial charge in [0.05, 0.1) is 4.92 Å². The topological polar surface area (TPSA) is 89.5 Å². The zero-order chi connectivity index (χ0) is 13.0. The molecular weight excluding hydrogens is 222 g/mol. The number of amides is 1. The van der Waals surface area contributed by atoms with Crippen LogP contribution >= 0.6 is 0 Å². The van der Waals surface area contributed by atoms with E-state index >= 15 is 0 Å². The van der Waals surface area contributed by atoms with Crippen molar-refractivity contribution in [1.82, 2.24) is 4.90 Å². The summed E-state index contributed by atoms with van der Waals surface area (Å²) in [4.78, 5) is 23.6. The number of hydrogen-bond donors (Lipinski definition) is 1. The Balaban J connectivity index is 3.05. The van der Waals surface area contributed by atoms with Crippen LogP contribution < -0.4 is 5.73 Å². The third-order valence-electron chi connectivity index (χ3n) is 2.52. The summed E-state index contributed by atoms with van der Waals surface area (Å²) in [5, 5.41) is 10.6. The van der Waals surface area contributed by atoms with E-state index in [0.717, 1.165) is 0 Å². The second kappa shape index (κ2) is 5.29. The number of nitrogen functional groups attached to an aromatic ring is 1. The van der Waals surface area contributed by atoms with E-state index in [-0.39, 0.29) is 17.3 Å². The van der Waals surface area contributed by atoms with E-state index < -0.39 is 4.92 Å². The van der Waals surface area contributed by atoms with Crippen LogP contribution in [0.4, 0.5) is 11.4 Å². The molecule has 17 heavy (non-hydrogen) atoms. The van der Waals surface area contributed by atoms with Gasteiger partial charge in [0, 0.05) is 24.7 Å². The predicted octanol–water partition coefficient (Wildman–Crippen LogP) is 1.66. The lowest BCUT2D eigenvalue weighted by atomic mass is 10.1. The van der Waals surface area contributed by atoms with Crippen molar-refractivity contribution >= 4 is 17.3 Å². The van der Waals surface area contributed by atoms with Crippen LogP contribution in [-0.2, 0) is 0 Å². The summed E-state index contributed by atoms with van der Waals surface area (Å²) < 4.78 is 0. The number of hydrogen-bond acceptors (Lipinski definition) is 4. The first-order valence-corrected chi connectivity index (χ1v) is 5.34. The molecule has 0 aromatic heterocycles. The Morgan fingerprint density at radius 2 is 2.00 bits per heavy atom. The van der Waals surface area contributed by atoms with Gasteiger partial charge >= 0.3 is 0 Å². The molecule has 0 radical (unpaired) electrons. The standard InChI is InChI=1S/C11H15N3O3/c1-3-13(4-2)11(15)8-5-6-10(14(16)17)9(12)7-8/h5-7H,3-4,12H2,1-2H3. The molecule has 2 N–H and O–H groups in total. The number of carbonyl (C=O) groups excluding carboxylic acids is 1. The maximum atomic E-state index is 11.9. The molecule has 0 aliphatic heterocycles. The average molecular weight is 237 g/mol. The smallest absolute Gasteiger partial charge is 0.292 e. The first kappa shape index (κ1) is 13.0. The summed E-state index contributed by atoms with van der Waals surface area (Å²) in [6.45, 7) is 4.92. The van der Waals surface area contributed by atoms with Gasteiger partial charge < -0.3 is 10.6 Å². The molecule has 92 valence electrons. The molecule has 0 aliphatic carbocycles. The molecule has 1 rings (SSSR count). The normalized spacial score (nSPS) is 10.0. The van der Waals surface area contributed by atoms with Crippen LogP contribution in [0.25, 0.3) is 0 Å². The quantitative estimate of drug-likeness (QED) is 0.490. The van der Waals surface area contributed by atoms with Crippen LogP contribution in [0.15, 0.2) is 18.2 Å². The molecule has 0 atom stereocenters. The number of nitro benzene ring substituents is 1. The minimum atomic E-state index is -0.568. The molecule has 1 aromatic carbocycles. The predicted molar refractivity (Wildman–Crippen MR) is 64.8 cm³/mol. The van der Waals surface area contributed by atoms with Crippen molar-refractivity contribution in [3.63, 3.8) is 0 Å². The number of nitrogens with zero attached hydrogens (tertiary/aromatic N) is 2. The van der Waals surface area contributed by atoms with Gasteiger partial charge in [-0.2, -0.15) is 0 Å². The Morgan fingerprint density at radius 1 is 1.41 bits per heavy atom. The summed E-state index contributed by atoms with van der Waals surface area (Å²) in [5.74, 6) is -0.170. The lowest BCUT2D eigenvalue weighted by Gasteiger charge is -2.18. The molecule has 0 aliphatic rings. The SMILES string of the molecule is CCN(CC)C(=O)c1ccc([N+](=O)[O-])c(N)c1. The highest BCUT2D eigenvalue weighted by Crippen LogP contribution is 2.22. The largest absolute Gasteiger partial charge is 0.393 e. The third kappa shape index (κ3) is 2.72. The molecule has 1 amide bonds. The zero-order valence-electron chi connectivity index (χ0n) is 9.84. The molecule has 0 saturated heterocycles. The van der Waals surface area contributed by atoms with Gasteiger partial charge in [-0.1, -0.05) is 0 Å². The molecule has 0 spiro atoms. The van der Waals surface area contributed by atoms with E-state index in [9.17, 15) is 14.9 Å². The minimum Gasteiger partial charge on any atom is -0.393 e. The maximum Gasteiger partial charge on any atom is 0.292 e. The highest BCUT2D eigenvalue weighted by molar-refractivity contribution is 5.95. The lowest BCUT2D eigenvalue weighted by Crippen LogP contribution is -2.30. The minimum absolute atomic E-state index is 0.00741. The van der Waals surface area contributed by atoms with Crippen molar-refractivity contribution < 1.29 is 9.72 Å². The monoisotopic (exact) mass is 237 g/mol. The van der Waals surface area contributed by atoms with Crippen LogP contribution in [0.1, 0.15) is 24.2 Å². The second-order valence-corrected chi connectivity index (χ2v) is 3.51. The van der Waals surface area contributed by atoms with E-state index in [1.165, 1.54) is 18.2 Å². The van der Waals surface area contributed by atoms with Gasteiger partial charge in [0.1, 0.15) is 5.69 Å². The Labute approximate surface area is 99.2 Å². The van der Waals surface area contributed by atoms with Crippen LogP contribution in [0.5, 0.6) is 0 Å². The number of nitrogens with two attached hydrogens (primary N) is 1. The van der Waals surface area contributed by atoms with Gasteiger partial charge in [-0.05, 0) is 26.0 Å². The van der Waals surface area contributed by atoms with Crippen LogP contribution in [0, 0.1) is 10.1 Å². The van der Waals surface area contributed by atoms with Gasteiger partial charge in [-0.25, -0.2) is 0 Å². The molecule has 1 aromatic rings. The van der Waals surface area contributed by atoms with E-state index in [0.29, 0.717) is 18.7 Å². The highest BCUT2D eigenvalue weighted by Gasteiger charge is 2.17. The summed E-state index contributed by atoms with van der Waals surface area (Å²) in [6, 6.07) is 4.03. The Kier molecular flexibility index (Phi) is 4.03. The second-order valence-electron chi connectivity index (χ2n) is 3.51. The molecule has 0 saturated carbocycles. The Morgan fingerprint density at radius 3 is 2.41 bits per heavy atom. The van der Waals surface area contributed by atoms with Gasteiger partial charge in [-0.15, -0.1) is 0 Å². The van der Waals surface area contributed by atoms with Crippen molar-refractivity contribution in [2.24, 2.45) is 0 Å². The van der Waals surface area contributed by atoms with Crippen molar-refractivity contribution in [3.05, 3.63) is 33.9 Å². The fourth-order valence-electron chi connectivity index (χ4n) is 1.55. The fourth-order valence-corrected chi connectivity index (χ4v) is 1.55. The lowest BCUT2D eigenvalue weighted by molar-refractivity contribution is -0.383. The third-order valence-corrected chi connectivity index (χ3v) is 2.52. The average Bonchev–Trinajstić information content (AvgIpc) is 2.29. The number of carbonyl (C=O) groups is 1. The molecule has 0 fully saturated rings. The number of rotatable bonds is 4. The van der Waals surface area contributed by atoms with Crippen molar-refractivity contribution in [1.29, 1.82) is 0 Å². The molecular formula is C11H15N3O3. The Bertz CT molecular complexity index is 442. The van der Waals surface area contributed by atoms with Crippen molar-refractivity contribution in [3.8, 4) is 0 Å². The van der Waals surface area contributed by atoms with Gasteiger partial charge in [0.2, 0.25) is 0 Å². The van der Waals surface area contributed by atoms with Crippen molar-refractivity contribution in [2.75, 3.05) is 18.8 Å². The van der Waals surface area contributed by atoms with Crippen LogP contribution in [-0.4, -0.2) is 28.8 Å². The summed E-state index contributed by atoms with van der Waals surface area (Å²) >= 11 is 0.